The molecule has 29 heavy (non-hydrogen) atoms. The van der Waals surface area contributed by atoms with Gasteiger partial charge in [0.05, 0.1) is 0 Å². The van der Waals surface area contributed by atoms with E-state index in [9.17, 15) is 14.7 Å². The van der Waals surface area contributed by atoms with Gasteiger partial charge in [0.25, 0.3) is 5.91 Å². The number of amides is 1. The van der Waals surface area contributed by atoms with Gasteiger partial charge in [0.2, 0.25) is 5.88 Å². The van der Waals surface area contributed by atoms with E-state index in [4.69, 9.17) is 9.25 Å². The van der Waals surface area contributed by atoms with E-state index in [1.807, 2.05) is 24.3 Å². The number of rotatable bonds is 6. The van der Waals surface area contributed by atoms with Crippen LogP contribution in [0.1, 0.15) is 32.3 Å². The van der Waals surface area contributed by atoms with Crippen LogP contribution in [-0.2, 0) is 4.79 Å². The summed E-state index contributed by atoms with van der Waals surface area (Å²) in [6.45, 7) is 5.37. The Labute approximate surface area is 172 Å². The second-order valence-electron chi connectivity index (χ2n) is 6.60. The quantitative estimate of drug-likeness (QED) is 0.577. The second kappa shape index (κ2) is 8.87. The highest BCUT2D eigenvalue weighted by molar-refractivity contribution is 7.99. The fourth-order valence-electron chi connectivity index (χ4n) is 2.66. The Kier molecular flexibility index (Phi) is 6.29. The van der Waals surface area contributed by atoms with Gasteiger partial charge in [-0.15, -0.1) is 5.06 Å². The average Bonchev–Trinajstić information content (AvgIpc) is 2.69. The van der Waals surface area contributed by atoms with E-state index in [0.29, 0.717) is 5.75 Å². The predicted octanol–water partition coefficient (Wildman–Crippen LogP) is 4.97. The molecule has 0 aliphatic heterocycles. The number of carbonyl (C=O) groups is 1. The van der Waals surface area contributed by atoms with Crippen LogP contribution in [0, 0.1) is 0 Å². The smallest absolute Gasteiger partial charge is 0.355 e. The Bertz CT molecular complexity index is 1060. The number of para-hydroxylation sites is 1. The molecule has 6 nitrogen and oxygen atoms in total. The number of hydroxylamine groups is 1. The van der Waals surface area contributed by atoms with Crippen LogP contribution in [-0.4, -0.2) is 11.0 Å². The summed E-state index contributed by atoms with van der Waals surface area (Å²) in [6, 6.07) is 17.5. The highest BCUT2D eigenvalue weighted by Gasteiger charge is 2.22. The first-order chi connectivity index (χ1) is 13.9. The highest BCUT2D eigenvalue weighted by Crippen LogP contribution is 2.37. The molecule has 0 aliphatic carbocycles. The number of nitrogens with zero attached hydrogens (tertiary/aromatic N) is 1. The molecule has 3 rings (SSSR count). The maximum atomic E-state index is 12.6. The van der Waals surface area contributed by atoms with Crippen molar-refractivity contribution in [1.29, 1.82) is 0 Å². The van der Waals surface area contributed by atoms with Gasteiger partial charge in [-0.25, -0.2) is 4.79 Å². The van der Waals surface area contributed by atoms with Crippen molar-refractivity contribution in [2.75, 3.05) is 5.06 Å². The van der Waals surface area contributed by atoms with Gasteiger partial charge in [0, 0.05) is 17.9 Å². The summed E-state index contributed by atoms with van der Waals surface area (Å²) in [5.41, 5.74) is 0.296. The van der Waals surface area contributed by atoms with E-state index < -0.39 is 11.5 Å². The maximum absolute atomic E-state index is 12.6. The Morgan fingerprint density at radius 2 is 1.76 bits per heavy atom. The SMILES string of the molecule is CC(=O)N(Oc1ccccc1)c1cc(O)c(Sc2ccccc2C(C)C)c(=O)o1. The van der Waals surface area contributed by atoms with E-state index in [-0.39, 0.29) is 22.4 Å². The van der Waals surface area contributed by atoms with Crippen molar-refractivity contribution in [1.82, 2.24) is 0 Å². The zero-order chi connectivity index (χ0) is 21.0. The average molecular weight is 411 g/mol. The molecule has 1 N–H and O–H groups in total. The summed E-state index contributed by atoms with van der Waals surface area (Å²) in [6.07, 6.45) is 0. The molecule has 0 aliphatic rings. The standard InChI is InChI=1S/C22H21NO5S/c1-14(2)17-11-7-8-12-19(17)29-21-18(25)13-20(27-22(21)26)23(15(3)24)28-16-9-5-4-6-10-16/h4-14,25H,1-3H3. The number of anilines is 1. The Hall–Kier alpha value is -3.19. The molecule has 2 aromatic carbocycles. The van der Waals surface area contributed by atoms with Gasteiger partial charge >= 0.3 is 5.63 Å². The first-order valence-electron chi connectivity index (χ1n) is 9.04. The molecule has 0 unspecified atom stereocenters. The molecule has 0 radical (unpaired) electrons. The van der Waals surface area contributed by atoms with Gasteiger partial charge < -0.3 is 14.4 Å². The van der Waals surface area contributed by atoms with Crippen molar-refractivity contribution < 1.29 is 19.2 Å². The van der Waals surface area contributed by atoms with Gasteiger partial charge in [0.15, 0.2) is 5.75 Å². The number of hydrogen-bond acceptors (Lipinski definition) is 6. The van der Waals surface area contributed by atoms with E-state index >= 15 is 0 Å². The third-order valence-electron chi connectivity index (χ3n) is 4.05. The molecule has 1 amide bonds. The lowest BCUT2D eigenvalue weighted by atomic mass is 10.0. The molecule has 150 valence electrons. The molecular formula is C22H21NO5S. The van der Waals surface area contributed by atoms with Crippen LogP contribution in [0.15, 0.2) is 79.7 Å². The van der Waals surface area contributed by atoms with Crippen molar-refractivity contribution in [2.24, 2.45) is 0 Å². The summed E-state index contributed by atoms with van der Waals surface area (Å²) in [5, 5.41) is 11.3. The van der Waals surface area contributed by atoms with E-state index in [1.54, 1.807) is 30.3 Å². The molecule has 0 saturated carbocycles. The molecular weight excluding hydrogens is 390 g/mol. The Morgan fingerprint density at radius 3 is 2.38 bits per heavy atom. The van der Waals surface area contributed by atoms with Gasteiger partial charge in [-0.1, -0.05) is 62.0 Å². The number of hydrogen-bond donors (Lipinski definition) is 1. The van der Waals surface area contributed by atoms with Crippen LogP contribution >= 0.6 is 11.8 Å². The van der Waals surface area contributed by atoms with E-state index in [0.717, 1.165) is 27.3 Å². The number of carbonyl (C=O) groups excluding carboxylic acids is 1. The fourth-order valence-corrected chi connectivity index (χ4v) is 3.74. The zero-order valence-corrected chi connectivity index (χ0v) is 17.1. The summed E-state index contributed by atoms with van der Waals surface area (Å²) >= 11 is 1.13. The zero-order valence-electron chi connectivity index (χ0n) is 16.3. The molecule has 0 saturated heterocycles. The van der Waals surface area contributed by atoms with Crippen molar-refractivity contribution >= 4 is 23.6 Å². The summed E-state index contributed by atoms with van der Waals surface area (Å²) < 4.78 is 5.30. The van der Waals surface area contributed by atoms with Crippen molar-refractivity contribution in [3.63, 3.8) is 0 Å². The van der Waals surface area contributed by atoms with Crippen molar-refractivity contribution in [2.45, 2.75) is 36.5 Å². The van der Waals surface area contributed by atoms with Gasteiger partial charge in [-0.05, 0) is 29.7 Å². The molecule has 0 fully saturated rings. The molecule has 0 atom stereocenters. The van der Waals surface area contributed by atoms with E-state index in [1.165, 1.54) is 13.0 Å². The van der Waals surface area contributed by atoms with Crippen LogP contribution in [0.3, 0.4) is 0 Å². The van der Waals surface area contributed by atoms with Crippen LogP contribution in [0.2, 0.25) is 0 Å². The first-order valence-corrected chi connectivity index (χ1v) is 9.86. The molecule has 3 aromatic rings. The minimum atomic E-state index is -0.758. The molecule has 0 spiro atoms. The first kappa shape index (κ1) is 20.5. The summed E-state index contributed by atoms with van der Waals surface area (Å²) in [5.74, 6) is -0.371. The summed E-state index contributed by atoms with van der Waals surface area (Å²) in [7, 11) is 0. The van der Waals surface area contributed by atoms with Crippen LogP contribution in [0.25, 0.3) is 0 Å². The number of aromatic hydroxyl groups is 1. The second-order valence-corrected chi connectivity index (χ2v) is 7.65. The maximum Gasteiger partial charge on any atom is 0.355 e. The Morgan fingerprint density at radius 1 is 1.10 bits per heavy atom. The lowest BCUT2D eigenvalue weighted by Crippen LogP contribution is -2.32. The van der Waals surface area contributed by atoms with Gasteiger partial charge in [-0.2, -0.15) is 0 Å². The predicted molar refractivity (Wildman–Crippen MR) is 112 cm³/mol. The van der Waals surface area contributed by atoms with Crippen LogP contribution < -0.4 is 15.5 Å². The fraction of sp³-hybridized carbons (Fsp3) is 0.182. The van der Waals surface area contributed by atoms with Crippen molar-refractivity contribution in [3.05, 3.63) is 76.6 Å². The third kappa shape index (κ3) is 4.81. The lowest BCUT2D eigenvalue weighted by Gasteiger charge is -2.19. The minimum Gasteiger partial charge on any atom is -0.506 e. The number of benzene rings is 2. The normalized spacial score (nSPS) is 10.8. The third-order valence-corrected chi connectivity index (χ3v) is 5.23. The largest absolute Gasteiger partial charge is 0.506 e. The summed E-state index contributed by atoms with van der Waals surface area (Å²) in [4.78, 5) is 31.0. The molecule has 0 bridgehead atoms. The van der Waals surface area contributed by atoms with Gasteiger partial charge in [-0.3, -0.25) is 4.79 Å². The Balaban J connectivity index is 1.94. The minimum absolute atomic E-state index is 0.0464. The van der Waals surface area contributed by atoms with E-state index in [2.05, 4.69) is 13.8 Å². The highest BCUT2D eigenvalue weighted by atomic mass is 32.2. The van der Waals surface area contributed by atoms with Crippen LogP contribution in [0.5, 0.6) is 11.5 Å². The topological polar surface area (TPSA) is 80.0 Å². The van der Waals surface area contributed by atoms with Crippen LogP contribution in [0.4, 0.5) is 5.88 Å². The monoisotopic (exact) mass is 411 g/mol. The molecule has 1 heterocycles. The van der Waals surface area contributed by atoms with Gasteiger partial charge in [0.1, 0.15) is 10.6 Å². The molecule has 1 aromatic heterocycles. The molecule has 7 heteroatoms. The lowest BCUT2D eigenvalue weighted by molar-refractivity contribution is -0.120. The van der Waals surface area contributed by atoms with Crippen molar-refractivity contribution in [3.8, 4) is 11.5 Å².